The van der Waals surface area contributed by atoms with Crippen LogP contribution in [0.1, 0.15) is 43.5 Å². The maximum atomic E-state index is 12.6. The molecule has 2 amide bonds. The van der Waals surface area contributed by atoms with Crippen molar-refractivity contribution < 1.29 is 19.0 Å². The summed E-state index contributed by atoms with van der Waals surface area (Å²) in [7, 11) is 0. The molecule has 1 unspecified atom stereocenters. The van der Waals surface area contributed by atoms with Gasteiger partial charge in [0.1, 0.15) is 12.6 Å². The monoisotopic (exact) mass is 414 g/mol. The quantitative estimate of drug-likeness (QED) is 0.355. The zero-order valence-corrected chi connectivity index (χ0v) is 17.7. The van der Waals surface area contributed by atoms with Crippen LogP contribution in [0.4, 0.5) is 0 Å². The van der Waals surface area contributed by atoms with Gasteiger partial charge in [0.05, 0.1) is 5.56 Å². The summed E-state index contributed by atoms with van der Waals surface area (Å²) in [6.45, 7) is 4.49. The second-order valence-corrected chi connectivity index (χ2v) is 8.24. The molecule has 0 aliphatic heterocycles. The van der Waals surface area contributed by atoms with Crippen molar-refractivity contribution in [3.05, 3.63) is 60.4 Å². The number of carbonyl (C=O) groups excluding carboxylic acids is 3. The summed E-state index contributed by atoms with van der Waals surface area (Å²) < 4.78 is 2.08. The maximum absolute atomic E-state index is 12.6. The number of hydrogen-bond acceptors (Lipinski definition) is 4. The van der Waals surface area contributed by atoms with E-state index < -0.39 is 17.9 Å². The normalized spacial score (nSPS) is 11.8. The molecule has 6 nitrogen and oxygen atoms in total. The van der Waals surface area contributed by atoms with Crippen molar-refractivity contribution >= 4 is 28.7 Å². The van der Waals surface area contributed by atoms with Gasteiger partial charge in [-0.1, -0.05) is 43.8 Å². The Labute approximate surface area is 175 Å². The van der Waals surface area contributed by atoms with E-state index in [2.05, 4.69) is 9.88 Å². The first-order chi connectivity index (χ1) is 13.9. The largest absolute Gasteiger partial charge is 0.368 e. The summed E-state index contributed by atoms with van der Waals surface area (Å²) in [5.41, 5.74) is 5.75. The van der Waals surface area contributed by atoms with Gasteiger partial charge in [-0.2, -0.15) is 0 Å². The van der Waals surface area contributed by atoms with Gasteiger partial charge in [-0.25, -0.2) is 4.57 Å². The lowest BCUT2D eigenvalue weighted by Gasteiger charge is -2.19. The van der Waals surface area contributed by atoms with Crippen LogP contribution in [0.3, 0.4) is 0 Å². The van der Waals surface area contributed by atoms with Crippen molar-refractivity contribution in [1.82, 2.24) is 5.32 Å². The molecule has 3 N–H and O–H groups in total. The lowest BCUT2D eigenvalue weighted by molar-refractivity contribution is -0.697. The van der Waals surface area contributed by atoms with Crippen molar-refractivity contribution in [2.24, 2.45) is 11.7 Å². The number of rotatable bonds is 10. The SMILES string of the molecule is CC(C)C(NC(=O)c1ccccc1SC(=O)CCCC[n+]1ccccc1)C(N)=O. The third-order valence-corrected chi connectivity index (χ3v) is 5.45. The van der Waals surface area contributed by atoms with Crippen LogP contribution in [-0.4, -0.2) is 23.0 Å². The molecule has 1 atom stereocenters. The van der Waals surface area contributed by atoms with Crippen LogP contribution in [0.25, 0.3) is 0 Å². The highest BCUT2D eigenvalue weighted by Crippen LogP contribution is 2.25. The maximum Gasteiger partial charge on any atom is 0.253 e. The summed E-state index contributed by atoms with van der Waals surface area (Å²) in [6, 6.07) is 12.1. The predicted molar refractivity (Wildman–Crippen MR) is 113 cm³/mol. The molecule has 154 valence electrons. The Bertz CT molecular complexity index is 840. The Morgan fingerprint density at radius 2 is 1.72 bits per heavy atom. The van der Waals surface area contributed by atoms with Gasteiger partial charge in [-0.15, -0.1) is 0 Å². The Balaban J connectivity index is 1.91. The number of pyridine rings is 1. The standard InChI is InChI=1S/C22H27N3O3S/c1-16(2)20(21(23)27)24-22(28)17-10-4-5-11-18(17)29-19(26)12-6-9-15-25-13-7-3-8-14-25/h3-5,7-8,10-11,13-14,16,20H,6,9,12,15H2,1-2H3,(H2-,23,24,27,28)/p+1. The van der Waals surface area contributed by atoms with Gasteiger partial charge in [-0.05, 0) is 24.5 Å². The number of carbonyl (C=O) groups is 3. The summed E-state index contributed by atoms with van der Waals surface area (Å²) in [5.74, 6) is -1.11. The minimum absolute atomic E-state index is 0.0126. The number of amides is 2. The number of primary amides is 1. The zero-order chi connectivity index (χ0) is 21.2. The number of benzene rings is 1. The molecular formula is C22H28N3O3S+. The van der Waals surface area contributed by atoms with E-state index in [-0.39, 0.29) is 11.0 Å². The fourth-order valence-electron chi connectivity index (χ4n) is 2.85. The number of nitrogens with two attached hydrogens (primary N) is 1. The fraction of sp³-hybridized carbons (Fsp3) is 0.364. The summed E-state index contributed by atoms with van der Waals surface area (Å²) in [6.07, 6.45) is 6.12. The predicted octanol–water partition coefficient (Wildman–Crippen LogP) is 2.70. The molecular weight excluding hydrogens is 386 g/mol. The van der Waals surface area contributed by atoms with Crippen molar-refractivity contribution in [1.29, 1.82) is 0 Å². The average molecular weight is 415 g/mol. The van der Waals surface area contributed by atoms with Crippen molar-refractivity contribution in [2.45, 2.75) is 50.6 Å². The molecule has 29 heavy (non-hydrogen) atoms. The number of thioether (sulfide) groups is 1. The van der Waals surface area contributed by atoms with E-state index in [0.29, 0.717) is 16.9 Å². The molecule has 0 aliphatic rings. The average Bonchev–Trinajstić information content (AvgIpc) is 2.70. The minimum atomic E-state index is -0.758. The first kappa shape index (κ1) is 22.6. The molecule has 2 aromatic rings. The highest BCUT2D eigenvalue weighted by atomic mass is 32.2. The van der Waals surface area contributed by atoms with Crippen molar-refractivity contribution in [3.63, 3.8) is 0 Å². The van der Waals surface area contributed by atoms with Crippen LogP contribution in [0.2, 0.25) is 0 Å². The number of aryl methyl sites for hydroxylation is 1. The van der Waals surface area contributed by atoms with Crippen LogP contribution >= 0.6 is 11.8 Å². The number of nitrogens with zero attached hydrogens (tertiary/aromatic N) is 1. The second kappa shape index (κ2) is 11.4. The molecule has 7 heteroatoms. The molecule has 0 aliphatic carbocycles. The minimum Gasteiger partial charge on any atom is -0.368 e. The lowest BCUT2D eigenvalue weighted by Crippen LogP contribution is -2.47. The highest BCUT2D eigenvalue weighted by Gasteiger charge is 2.23. The fourth-order valence-corrected chi connectivity index (χ4v) is 3.76. The Morgan fingerprint density at radius 3 is 2.38 bits per heavy atom. The molecule has 0 fully saturated rings. The Kier molecular flexibility index (Phi) is 8.86. The smallest absolute Gasteiger partial charge is 0.253 e. The van der Waals surface area contributed by atoms with Gasteiger partial charge in [0, 0.05) is 29.9 Å². The molecule has 0 radical (unpaired) electrons. The van der Waals surface area contributed by atoms with Gasteiger partial charge in [0.2, 0.25) is 5.91 Å². The van der Waals surface area contributed by atoms with E-state index in [1.807, 2.05) is 44.4 Å². The molecule has 0 bridgehead atoms. The van der Waals surface area contributed by atoms with Gasteiger partial charge in [-0.3, -0.25) is 14.4 Å². The van der Waals surface area contributed by atoms with Crippen LogP contribution in [0, 0.1) is 5.92 Å². The summed E-state index contributed by atoms with van der Waals surface area (Å²) in [5, 5.41) is 2.69. The van der Waals surface area contributed by atoms with Crippen LogP contribution in [0.15, 0.2) is 59.8 Å². The van der Waals surface area contributed by atoms with E-state index in [0.717, 1.165) is 31.1 Å². The van der Waals surface area contributed by atoms with Gasteiger partial charge in [0.25, 0.3) is 5.91 Å². The Hall–Kier alpha value is -2.67. The van der Waals surface area contributed by atoms with E-state index >= 15 is 0 Å². The van der Waals surface area contributed by atoms with E-state index in [4.69, 9.17) is 5.73 Å². The van der Waals surface area contributed by atoms with Gasteiger partial charge >= 0.3 is 0 Å². The van der Waals surface area contributed by atoms with Gasteiger partial charge in [0.15, 0.2) is 17.5 Å². The topological polar surface area (TPSA) is 93.1 Å². The zero-order valence-electron chi connectivity index (χ0n) is 16.8. The first-order valence-electron chi connectivity index (χ1n) is 9.72. The summed E-state index contributed by atoms with van der Waals surface area (Å²) >= 11 is 1.07. The van der Waals surface area contributed by atoms with Crippen LogP contribution < -0.4 is 15.6 Å². The number of aromatic nitrogens is 1. The number of unbranched alkanes of at least 4 members (excludes halogenated alkanes) is 1. The van der Waals surface area contributed by atoms with Crippen molar-refractivity contribution in [3.8, 4) is 0 Å². The molecule has 0 saturated heterocycles. The first-order valence-corrected chi connectivity index (χ1v) is 10.5. The molecule has 0 spiro atoms. The molecule has 2 rings (SSSR count). The number of nitrogens with one attached hydrogen (secondary N) is 1. The third-order valence-electron chi connectivity index (χ3n) is 4.44. The third kappa shape index (κ3) is 7.34. The second-order valence-electron chi connectivity index (χ2n) is 7.14. The summed E-state index contributed by atoms with van der Waals surface area (Å²) in [4.78, 5) is 37.2. The Morgan fingerprint density at radius 1 is 1.03 bits per heavy atom. The molecule has 1 aromatic carbocycles. The van der Waals surface area contributed by atoms with Crippen LogP contribution in [0.5, 0.6) is 0 Å². The molecule has 1 heterocycles. The molecule has 1 aromatic heterocycles. The molecule has 0 saturated carbocycles. The van der Waals surface area contributed by atoms with E-state index in [1.165, 1.54) is 0 Å². The lowest BCUT2D eigenvalue weighted by atomic mass is 10.0. The van der Waals surface area contributed by atoms with Crippen molar-refractivity contribution in [2.75, 3.05) is 0 Å². The highest BCUT2D eigenvalue weighted by molar-refractivity contribution is 8.13. The van der Waals surface area contributed by atoms with E-state index in [1.54, 1.807) is 24.3 Å². The van der Waals surface area contributed by atoms with Crippen LogP contribution in [-0.2, 0) is 16.1 Å². The van der Waals surface area contributed by atoms with Gasteiger partial charge < -0.3 is 11.1 Å². The number of hydrogen-bond donors (Lipinski definition) is 2. The van der Waals surface area contributed by atoms with E-state index in [9.17, 15) is 14.4 Å².